The largest absolute Gasteiger partial charge is 0.399 e. The second kappa shape index (κ2) is 7.26. The summed E-state index contributed by atoms with van der Waals surface area (Å²) in [6, 6.07) is 25.9. The number of carbonyl (C=O) groups is 1. The average Bonchev–Trinajstić information content (AvgIpc) is 3.12. The summed E-state index contributed by atoms with van der Waals surface area (Å²) in [7, 11) is 0. The minimum atomic E-state index is -0.286. The Morgan fingerprint density at radius 3 is 2.38 bits per heavy atom. The number of nitrogen functional groups attached to an aromatic ring is 1. The molecule has 0 bridgehead atoms. The molecule has 0 spiro atoms. The van der Waals surface area contributed by atoms with E-state index in [0.717, 1.165) is 34.8 Å². The summed E-state index contributed by atoms with van der Waals surface area (Å²) < 4.78 is 0. The first-order valence-corrected chi connectivity index (χ1v) is 9.57. The molecule has 0 aromatic heterocycles. The van der Waals surface area contributed by atoms with Gasteiger partial charge >= 0.3 is 0 Å². The number of fused-ring (bicyclic) bond motifs is 1. The summed E-state index contributed by atoms with van der Waals surface area (Å²) >= 11 is 1.57. The van der Waals surface area contributed by atoms with E-state index in [1.54, 1.807) is 11.8 Å². The Kier molecular flexibility index (Phi) is 4.67. The predicted molar refractivity (Wildman–Crippen MR) is 108 cm³/mol. The third-order valence-electron chi connectivity index (χ3n) is 4.61. The Hall–Kier alpha value is -2.72. The van der Waals surface area contributed by atoms with Crippen molar-refractivity contribution < 1.29 is 4.79 Å². The van der Waals surface area contributed by atoms with Crippen molar-refractivity contribution in [2.45, 2.75) is 16.6 Å². The first-order valence-electron chi connectivity index (χ1n) is 8.69. The topological polar surface area (TPSA) is 46.3 Å². The first kappa shape index (κ1) is 16.7. The Labute approximate surface area is 157 Å². The van der Waals surface area contributed by atoms with Gasteiger partial charge in [0, 0.05) is 22.8 Å². The third-order valence-corrected chi connectivity index (χ3v) is 5.87. The number of thioether (sulfide) groups is 1. The van der Waals surface area contributed by atoms with E-state index in [0.29, 0.717) is 0 Å². The molecular weight excluding hydrogens is 340 g/mol. The molecule has 4 heteroatoms. The average molecular weight is 360 g/mol. The minimum absolute atomic E-state index is 0.128. The normalized spacial score (nSPS) is 14.1. The maximum Gasteiger partial charge on any atom is 0.244 e. The number of hydrogen-bond acceptors (Lipinski definition) is 3. The zero-order valence-electron chi connectivity index (χ0n) is 14.3. The van der Waals surface area contributed by atoms with E-state index < -0.39 is 0 Å². The lowest BCUT2D eigenvalue weighted by atomic mass is 10.1. The van der Waals surface area contributed by atoms with Gasteiger partial charge in [-0.05, 0) is 47.9 Å². The summed E-state index contributed by atoms with van der Waals surface area (Å²) in [5.74, 6) is 0.128. The van der Waals surface area contributed by atoms with Crippen molar-refractivity contribution in [3.8, 4) is 0 Å². The van der Waals surface area contributed by atoms with E-state index in [4.69, 9.17) is 5.73 Å². The van der Waals surface area contributed by atoms with Crippen molar-refractivity contribution in [3.63, 3.8) is 0 Å². The van der Waals surface area contributed by atoms with Gasteiger partial charge in [0.15, 0.2) is 0 Å². The Balaban J connectivity index is 1.67. The number of nitrogens with zero attached hydrogens (tertiary/aromatic N) is 1. The molecule has 1 heterocycles. The molecule has 0 aliphatic carbocycles. The molecule has 26 heavy (non-hydrogen) atoms. The second-order valence-electron chi connectivity index (χ2n) is 6.35. The highest BCUT2D eigenvalue weighted by Gasteiger charge is 2.31. The highest BCUT2D eigenvalue weighted by atomic mass is 32.2. The molecule has 130 valence electrons. The summed E-state index contributed by atoms with van der Waals surface area (Å²) in [6.45, 7) is 0.740. The standard InChI is InChI=1S/C22H20N2OS/c23-18-10-12-19(13-11-18)26-21(17-7-2-1-3-8-17)22(25)24-15-14-16-6-4-5-9-20(16)24/h1-13,21H,14-15,23H2. The number of amides is 1. The third kappa shape index (κ3) is 3.33. The van der Waals surface area contributed by atoms with Crippen molar-refractivity contribution in [1.82, 2.24) is 0 Å². The summed E-state index contributed by atoms with van der Waals surface area (Å²) in [5, 5.41) is -0.286. The minimum Gasteiger partial charge on any atom is -0.399 e. The van der Waals surface area contributed by atoms with E-state index in [1.165, 1.54) is 5.56 Å². The zero-order valence-corrected chi connectivity index (χ0v) is 15.2. The molecule has 3 aromatic rings. The molecule has 1 unspecified atom stereocenters. The van der Waals surface area contributed by atoms with Crippen LogP contribution in [0.25, 0.3) is 0 Å². The van der Waals surface area contributed by atoms with Crippen molar-refractivity contribution in [2.75, 3.05) is 17.2 Å². The van der Waals surface area contributed by atoms with Crippen LogP contribution in [0.4, 0.5) is 11.4 Å². The Morgan fingerprint density at radius 1 is 0.923 bits per heavy atom. The van der Waals surface area contributed by atoms with Gasteiger partial charge in [-0.3, -0.25) is 4.79 Å². The molecule has 1 atom stereocenters. The molecule has 4 rings (SSSR count). The van der Waals surface area contributed by atoms with Crippen LogP contribution in [0.1, 0.15) is 16.4 Å². The van der Waals surface area contributed by atoms with Crippen LogP contribution in [0.15, 0.2) is 83.8 Å². The Morgan fingerprint density at radius 2 is 1.62 bits per heavy atom. The highest BCUT2D eigenvalue weighted by Crippen LogP contribution is 2.39. The number of para-hydroxylation sites is 1. The molecular formula is C22H20N2OS. The lowest BCUT2D eigenvalue weighted by molar-refractivity contribution is -0.118. The fraction of sp³-hybridized carbons (Fsp3) is 0.136. The molecule has 1 aliphatic rings. The monoisotopic (exact) mass is 360 g/mol. The SMILES string of the molecule is Nc1ccc(SC(C(=O)N2CCc3ccccc32)c2ccccc2)cc1. The van der Waals surface area contributed by atoms with Gasteiger partial charge in [-0.25, -0.2) is 0 Å². The van der Waals surface area contributed by atoms with Crippen LogP contribution in [0, 0.1) is 0 Å². The second-order valence-corrected chi connectivity index (χ2v) is 7.52. The van der Waals surface area contributed by atoms with Gasteiger partial charge in [0.2, 0.25) is 5.91 Å². The van der Waals surface area contributed by atoms with Crippen LogP contribution < -0.4 is 10.6 Å². The van der Waals surface area contributed by atoms with E-state index in [1.807, 2.05) is 77.7 Å². The highest BCUT2D eigenvalue weighted by molar-refractivity contribution is 8.00. The summed E-state index contributed by atoms with van der Waals surface area (Å²) in [4.78, 5) is 16.4. The maximum absolute atomic E-state index is 13.5. The van der Waals surface area contributed by atoms with Crippen LogP contribution in [-0.4, -0.2) is 12.5 Å². The van der Waals surface area contributed by atoms with Gasteiger partial charge in [0.05, 0.1) is 0 Å². The number of rotatable bonds is 4. The molecule has 1 aliphatic heterocycles. The quantitative estimate of drug-likeness (QED) is 0.542. The van der Waals surface area contributed by atoms with Gasteiger partial charge in [-0.1, -0.05) is 48.5 Å². The van der Waals surface area contributed by atoms with Gasteiger partial charge in [0.25, 0.3) is 0 Å². The number of nitrogens with two attached hydrogens (primary N) is 1. The fourth-order valence-electron chi connectivity index (χ4n) is 3.28. The van der Waals surface area contributed by atoms with Gasteiger partial charge in [0.1, 0.15) is 5.25 Å². The van der Waals surface area contributed by atoms with Crippen molar-refractivity contribution >= 4 is 29.0 Å². The van der Waals surface area contributed by atoms with Crippen LogP contribution in [0.5, 0.6) is 0 Å². The number of anilines is 2. The van der Waals surface area contributed by atoms with Gasteiger partial charge < -0.3 is 10.6 Å². The first-order chi connectivity index (χ1) is 12.7. The smallest absolute Gasteiger partial charge is 0.244 e. The number of carbonyl (C=O) groups excluding carboxylic acids is 1. The van der Waals surface area contributed by atoms with Crippen LogP contribution in [0.2, 0.25) is 0 Å². The van der Waals surface area contributed by atoms with E-state index in [-0.39, 0.29) is 11.2 Å². The van der Waals surface area contributed by atoms with Crippen LogP contribution in [0.3, 0.4) is 0 Å². The summed E-state index contributed by atoms with van der Waals surface area (Å²) in [5.41, 5.74) is 9.82. The van der Waals surface area contributed by atoms with Crippen LogP contribution >= 0.6 is 11.8 Å². The van der Waals surface area contributed by atoms with E-state index in [9.17, 15) is 4.79 Å². The summed E-state index contributed by atoms with van der Waals surface area (Å²) in [6.07, 6.45) is 0.913. The molecule has 3 nitrogen and oxygen atoms in total. The van der Waals surface area contributed by atoms with E-state index >= 15 is 0 Å². The number of hydrogen-bond donors (Lipinski definition) is 1. The molecule has 2 N–H and O–H groups in total. The van der Waals surface area contributed by atoms with Gasteiger partial charge in [-0.15, -0.1) is 11.8 Å². The maximum atomic E-state index is 13.5. The Bertz CT molecular complexity index is 909. The fourth-order valence-corrected chi connectivity index (χ4v) is 4.37. The molecule has 0 saturated heterocycles. The number of benzene rings is 3. The van der Waals surface area contributed by atoms with Crippen LogP contribution in [-0.2, 0) is 11.2 Å². The lowest BCUT2D eigenvalue weighted by Crippen LogP contribution is -2.32. The van der Waals surface area contributed by atoms with Crippen molar-refractivity contribution in [1.29, 1.82) is 0 Å². The molecule has 0 fully saturated rings. The van der Waals surface area contributed by atoms with E-state index in [2.05, 4.69) is 6.07 Å². The van der Waals surface area contributed by atoms with Crippen molar-refractivity contribution in [3.05, 3.63) is 90.0 Å². The molecule has 3 aromatic carbocycles. The lowest BCUT2D eigenvalue weighted by Gasteiger charge is -2.24. The molecule has 0 saturated carbocycles. The molecule has 1 amide bonds. The molecule has 0 radical (unpaired) electrons. The van der Waals surface area contributed by atoms with Gasteiger partial charge in [-0.2, -0.15) is 0 Å². The van der Waals surface area contributed by atoms with Crippen molar-refractivity contribution in [2.24, 2.45) is 0 Å². The zero-order chi connectivity index (χ0) is 17.9. The predicted octanol–water partition coefficient (Wildman–Crippen LogP) is 4.69.